The number of aromatic nitrogens is 2. The molecule has 5 aromatic carbocycles. The molecule has 0 radical (unpaired) electrons. The molecule has 0 N–H and O–H groups in total. The standard InChI is InChI=1S/C41H28N2O/c1-3-13-27(14-4-1)36-26-37(43-40(42-36)28-15-5-2-6-16-28)29-23-24-33-31(25-29)30-17-7-8-18-32(30)41(33)34-19-9-11-21-38(34)44-39-22-12-10-20-35(39)41/h1-22,25-26H,23-24H2. The number of fused-ring (bicyclic) bond motifs is 8. The van der Waals surface area contributed by atoms with E-state index in [4.69, 9.17) is 14.7 Å². The van der Waals surface area contributed by atoms with Gasteiger partial charge in [-0.15, -0.1) is 0 Å². The van der Waals surface area contributed by atoms with Crippen LogP contribution in [0.2, 0.25) is 0 Å². The molecule has 3 heteroatoms. The molecule has 2 aliphatic carbocycles. The second-order valence-electron chi connectivity index (χ2n) is 11.6. The van der Waals surface area contributed by atoms with Gasteiger partial charge in [0.1, 0.15) is 11.5 Å². The Bertz CT molecular complexity index is 2040. The third kappa shape index (κ3) is 3.62. The highest BCUT2D eigenvalue weighted by molar-refractivity contribution is 5.97. The minimum Gasteiger partial charge on any atom is -0.457 e. The second kappa shape index (κ2) is 9.75. The van der Waals surface area contributed by atoms with E-state index in [0.717, 1.165) is 52.7 Å². The van der Waals surface area contributed by atoms with Crippen LogP contribution >= 0.6 is 0 Å². The molecule has 2 heterocycles. The van der Waals surface area contributed by atoms with Gasteiger partial charge in [0.05, 0.1) is 16.8 Å². The number of para-hydroxylation sites is 2. The summed E-state index contributed by atoms with van der Waals surface area (Å²) in [6.07, 6.45) is 4.21. The van der Waals surface area contributed by atoms with Crippen molar-refractivity contribution in [2.45, 2.75) is 18.3 Å². The van der Waals surface area contributed by atoms with Crippen LogP contribution in [0.5, 0.6) is 11.5 Å². The third-order valence-corrected chi connectivity index (χ3v) is 9.32. The molecule has 6 aromatic rings. The van der Waals surface area contributed by atoms with Gasteiger partial charge >= 0.3 is 0 Å². The average Bonchev–Trinajstić information content (AvgIpc) is 3.39. The summed E-state index contributed by atoms with van der Waals surface area (Å²) in [5, 5.41) is 0. The van der Waals surface area contributed by atoms with E-state index in [1.54, 1.807) is 0 Å². The lowest BCUT2D eigenvalue weighted by Gasteiger charge is -2.41. The van der Waals surface area contributed by atoms with Gasteiger partial charge in [-0.05, 0) is 65.0 Å². The van der Waals surface area contributed by atoms with E-state index < -0.39 is 5.41 Å². The Morgan fingerprint density at radius 3 is 1.80 bits per heavy atom. The summed E-state index contributed by atoms with van der Waals surface area (Å²) in [6.45, 7) is 0. The lowest BCUT2D eigenvalue weighted by molar-refractivity contribution is 0.432. The van der Waals surface area contributed by atoms with Crippen molar-refractivity contribution in [1.29, 1.82) is 0 Å². The number of hydrogen-bond donors (Lipinski definition) is 0. The fourth-order valence-electron chi connectivity index (χ4n) is 7.46. The first-order chi connectivity index (χ1) is 21.8. The van der Waals surface area contributed by atoms with Gasteiger partial charge in [-0.3, -0.25) is 0 Å². The quantitative estimate of drug-likeness (QED) is 0.215. The lowest BCUT2D eigenvalue weighted by Crippen LogP contribution is -2.33. The first-order valence-corrected chi connectivity index (χ1v) is 15.2. The Labute approximate surface area is 256 Å². The molecule has 3 aliphatic rings. The Balaban J connectivity index is 1.28. The topological polar surface area (TPSA) is 35.0 Å². The minimum atomic E-state index is -0.393. The Morgan fingerprint density at radius 1 is 0.523 bits per heavy atom. The van der Waals surface area contributed by atoms with Gasteiger partial charge in [0, 0.05) is 22.3 Å². The van der Waals surface area contributed by atoms with Gasteiger partial charge in [-0.2, -0.15) is 0 Å². The monoisotopic (exact) mass is 564 g/mol. The molecule has 0 bridgehead atoms. The van der Waals surface area contributed by atoms with Crippen LogP contribution in [0.1, 0.15) is 40.8 Å². The molecule has 208 valence electrons. The number of benzene rings is 5. The van der Waals surface area contributed by atoms with E-state index in [-0.39, 0.29) is 0 Å². The molecule has 1 aromatic heterocycles. The number of nitrogens with zero attached hydrogens (tertiary/aromatic N) is 2. The van der Waals surface area contributed by atoms with Gasteiger partial charge in [0.2, 0.25) is 0 Å². The summed E-state index contributed by atoms with van der Waals surface area (Å²) in [4.78, 5) is 10.2. The summed E-state index contributed by atoms with van der Waals surface area (Å²) >= 11 is 0. The molecular weight excluding hydrogens is 536 g/mol. The maximum Gasteiger partial charge on any atom is 0.160 e. The maximum absolute atomic E-state index is 6.50. The van der Waals surface area contributed by atoms with Crippen molar-refractivity contribution in [2.75, 3.05) is 0 Å². The second-order valence-corrected chi connectivity index (χ2v) is 11.6. The molecule has 0 saturated carbocycles. The fourth-order valence-corrected chi connectivity index (χ4v) is 7.46. The lowest BCUT2D eigenvalue weighted by atomic mass is 9.64. The zero-order valence-electron chi connectivity index (χ0n) is 24.1. The highest BCUT2D eigenvalue weighted by Crippen LogP contribution is 2.63. The molecule has 1 aliphatic heterocycles. The summed E-state index contributed by atoms with van der Waals surface area (Å²) in [5.41, 5.74) is 12.6. The summed E-state index contributed by atoms with van der Waals surface area (Å²) in [5.74, 6) is 2.61. The normalized spacial score (nSPS) is 15.5. The highest BCUT2D eigenvalue weighted by atomic mass is 16.5. The van der Waals surface area contributed by atoms with E-state index in [1.165, 1.54) is 39.0 Å². The SMILES string of the molecule is C1=C(c2cc(-c3ccccc3)nc(-c3ccccc3)n2)CCC2=C1c1ccccc1C21c2ccccc2Oc2ccccc21. The van der Waals surface area contributed by atoms with Crippen LogP contribution in [0, 0.1) is 0 Å². The van der Waals surface area contributed by atoms with Crippen molar-refractivity contribution in [1.82, 2.24) is 9.97 Å². The van der Waals surface area contributed by atoms with Gasteiger partial charge in [-0.25, -0.2) is 9.97 Å². The summed E-state index contributed by atoms with van der Waals surface area (Å²) in [7, 11) is 0. The zero-order chi connectivity index (χ0) is 29.1. The van der Waals surface area contributed by atoms with Gasteiger partial charge in [0.25, 0.3) is 0 Å². The predicted octanol–water partition coefficient (Wildman–Crippen LogP) is 9.90. The molecule has 1 spiro atoms. The first-order valence-electron chi connectivity index (χ1n) is 15.2. The van der Waals surface area contributed by atoms with Crippen LogP contribution in [-0.4, -0.2) is 9.97 Å². The molecule has 44 heavy (non-hydrogen) atoms. The van der Waals surface area contributed by atoms with Crippen molar-refractivity contribution in [3.05, 3.63) is 179 Å². The van der Waals surface area contributed by atoms with Crippen molar-refractivity contribution in [3.63, 3.8) is 0 Å². The van der Waals surface area contributed by atoms with E-state index in [0.29, 0.717) is 0 Å². The van der Waals surface area contributed by atoms with Crippen LogP contribution < -0.4 is 4.74 Å². The Morgan fingerprint density at radius 2 is 1.09 bits per heavy atom. The maximum atomic E-state index is 6.50. The predicted molar refractivity (Wildman–Crippen MR) is 176 cm³/mol. The third-order valence-electron chi connectivity index (χ3n) is 9.32. The van der Waals surface area contributed by atoms with Crippen LogP contribution in [-0.2, 0) is 5.41 Å². The zero-order valence-corrected chi connectivity index (χ0v) is 24.1. The molecule has 9 rings (SSSR count). The Kier molecular flexibility index (Phi) is 5.54. The van der Waals surface area contributed by atoms with Gasteiger partial charge in [-0.1, -0.05) is 121 Å². The largest absolute Gasteiger partial charge is 0.457 e. The molecule has 0 atom stereocenters. The number of ether oxygens (including phenoxy) is 1. The first kappa shape index (κ1) is 25.0. The van der Waals surface area contributed by atoms with Crippen molar-refractivity contribution < 1.29 is 4.74 Å². The van der Waals surface area contributed by atoms with Crippen LogP contribution in [0.15, 0.2) is 151 Å². The summed E-state index contributed by atoms with van der Waals surface area (Å²) in [6, 6.07) is 48.9. The van der Waals surface area contributed by atoms with Crippen molar-refractivity contribution in [3.8, 4) is 34.1 Å². The molecule has 0 saturated heterocycles. The number of hydrogen-bond acceptors (Lipinski definition) is 3. The van der Waals surface area contributed by atoms with E-state index >= 15 is 0 Å². The Hall–Kier alpha value is -5.54. The van der Waals surface area contributed by atoms with Gasteiger partial charge in [0.15, 0.2) is 5.82 Å². The van der Waals surface area contributed by atoms with Crippen LogP contribution in [0.25, 0.3) is 33.8 Å². The van der Waals surface area contributed by atoms with E-state index in [1.807, 2.05) is 24.3 Å². The molecular formula is C41H28N2O. The minimum absolute atomic E-state index is 0.393. The van der Waals surface area contributed by atoms with E-state index in [9.17, 15) is 0 Å². The van der Waals surface area contributed by atoms with Crippen LogP contribution in [0.3, 0.4) is 0 Å². The van der Waals surface area contributed by atoms with E-state index in [2.05, 4.69) is 121 Å². The highest BCUT2D eigenvalue weighted by Gasteiger charge is 2.52. The molecule has 0 unspecified atom stereocenters. The van der Waals surface area contributed by atoms with Crippen LogP contribution in [0.4, 0.5) is 0 Å². The van der Waals surface area contributed by atoms with Crippen molar-refractivity contribution >= 4 is 11.1 Å². The number of rotatable bonds is 3. The van der Waals surface area contributed by atoms with Gasteiger partial charge < -0.3 is 4.74 Å². The number of allylic oxidation sites excluding steroid dienone is 4. The molecule has 0 amide bonds. The molecule has 0 fully saturated rings. The van der Waals surface area contributed by atoms with Crippen molar-refractivity contribution in [2.24, 2.45) is 0 Å². The smallest absolute Gasteiger partial charge is 0.160 e. The fraction of sp³-hybridized carbons (Fsp3) is 0.0732. The average molecular weight is 565 g/mol. The summed E-state index contributed by atoms with van der Waals surface area (Å²) < 4.78 is 6.50. The molecule has 3 nitrogen and oxygen atoms in total.